The van der Waals surface area contributed by atoms with Crippen molar-refractivity contribution in [2.45, 2.75) is 70.1 Å². The van der Waals surface area contributed by atoms with Crippen molar-refractivity contribution < 1.29 is 5.11 Å². The molecule has 0 amide bonds. The van der Waals surface area contributed by atoms with Gasteiger partial charge in [0.25, 0.3) is 0 Å². The lowest BCUT2D eigenvalue weighted by atomic mass is 9.77. The van der Waals surface area contributed by atoms with E-state index in [1.54, 1.807) is 0 Å². The molecular formula is C19H29NO. The van der Waals surface area contributed by atoms with E-state index in [2.05, 4.69) is 49.1 Å². The quantitative estimate of drug-likeness (QED) is 0.894. The smallest absolute Gasteiger partial charge is 0.0695 e. The van der Waals surface area contributed by atoms with Crippen LogP contribution in [-0.2, 0) is 0 Å². The molecule has 2 aliphatic rings. The Labute approximate surface area is 129 Å². The van der Waals surface area contributed by atoms with Crippen molar-refractivity contribution in [3.63, 3.8) is 0 Å². The molecule has 1 heterocycles. The first-order valence-electron chi connectivity index (χ1n) is 8.65. The number of aliphatic hydroxyl groups is 1. The van der Waals surface area contributed by atoms with Gasteiger partial charge in [-0.05, 0) is 63.0 Å². The summed E-state index contributed by atoms with van der Waals surface area (Å²) in [5, 5.41) is 10.5. The van der Waals surface area contributed by atoms with Gasteiger partial charge in [-0.15, -0.1) is 0 Å². The molecule has 0 radical (unpaired) electrons. The molecule has 1 aliphatic heterocycles. The standard InChI is InChI=1S/C19H29NO/c1-14-7-6-12-20(15(14)2)18-13-17(10-11-19(18)21)16-8-4-3-5-9-16/h3-5,8-9,14-15,17-19,21H,6-7,10-13H2,1-2H3. The largest absolute Gasteiger partial charge is 0.391 e. The Kier molecular flexibility index (Phi) is 4.66. The van der Waals surface area contributed by atoms with Crippen LogP contribution >= 0.6 is 0 Å². The molecule has 1 aromatic carbocycles. The zero-order valence-electron chi connectivity index (χ0n) is 13.4. The van der Waals surface area contributed by atoms with Crippen LogP contribution < -0.4 is 0 Å². The van der Waals surface area contributed by atoms with Gasteiger partial charge in [0.2, 0.25) is 0 Å². The van der Waals surface area contributed by atoms with Crippen LogP contribution in [0.1, 0.15) is 57.4 Å². The molecule has 0 bridgehead atoms. The van der Waals surface area contributed by atoms with Crippen LogP contribution in [0.4, 0.5) is 0 Å². The van der Waals surface area contributed by atoms with E-state index in [9.17, 15) is 5.11 Å². The third-order valence-electron chi connectivity index (χ3n) is 5.90. The second-order valence-electron chi connectivity index (χ2n) is 7.15. The van der Waals surface area contributed by atoms with Gasteiger partial charge in [-0.3, -0.25) is 4.90 Å². The number of rotatable bonds is 2. The van der Waals surface area contributed by atoms with E-state index in [-0.39, 0.29) is 6.10 Å². The van der Waals surface area contributed by atoms with Gasteiger partial charge < -0.3 is 5.11 Å². The normalized spacial score (nSPS) is 38.3. The molecule has 0 spiro atoms. The van der Waals surface area contributed by atoms with E-state index in [0.29, 0.717) is 18.0 Å². The fourth-order valence-corrected chi connectivity index (χ4v) is 4.35. The summed E-state index contributed by atoms with van der Waals surface area (Å²) in [4.78, 5) is 2.61. The van der Waals surface area contributed by atoms with Crippen LogP contribution in [0, 0.1) is 5.92 Å². The third-order valence-corrected chi connectivity index (χ3v) is 5.90. The molecule has 1 saturated heterocycles. The maximum Gasteiger partial charge on any atom is 0.0695 e. The number of hydrogen-bond acceptors (Lipinski definition) is 2. The van der Waals surface area contributed by atoms with Crippen molar-refractivity contribution in [1.29, 1.82) is 0 Å². The van der Waals surface area contributed by atoms with Crippen LogP contribution in [0.2, 0.25) is 0 Å². The predicted octanol–water partition coefficient (Wildman–Crippen LogP) is 3.80. The van der Waals surface area contributed by atoms with Crippen molar-refractivity contribution in [3.8, 4) is 0 Å². The van der Waals surface area contributed by atoms with E-state index in [1.807, 2.05) is 0 Å². The van der Waals surface area contributed by atoms with Crippen LogP contribution in [0.15, 0.2) is 30.3 Å². The van der Waals surface area contributed by atoms with Gasteiger partial charge in [0.1, 0.15) is 0 Å². The molecule has 3 rings (SSSR count). The maximum atomic E-state index is 10.5. The first kappa shape index (κ1) is 15.1. The van der Waals surface area contributed by atoms with Gasteiger partial charge in [0.15, 0.2) is 0 Å². The second kappa shape index (κ2) is 6.50. The van der Waals surface area contributed by atoms with Crippen molar-refractivity contribution in [1.82, 2.24) is 4.90 Å². The molecule has 1 N–H and O–H groups in total. The van der Waals surface area contributed by atoms with E-state index in [4.69, 9.17) is 0 Å². The molecule has 2 heteroatoms. The van der Waals surface area contributed by atoms with Crippen LogP contribution in [-0.4, -0.2) is 34.7 Å². The minimum atomic E-state index is -0.141. The Morgan fingerprint density at radius 2 is 1.81 bits per heavy atom. The number of piperidine rings is 1. The van der Waals surface area contributed by atoms with E-state index in [0.717, 1.165) is 31.7 Å². The van der Waals surface area contributed by atoms with Crippen molar-refractivity contribution in [3.05, 3.63) is 35.9 Å². The molecule has 1 saturated carbocycles. The SMILES string of the molecule is CC1CCCN(C2CC(c3ccccc3)CCC2O)C1C. The summed E-state index contributed by atoms with van der Waals surface area (Å²) < 4.78 is 0. The van der Waals surface area contributed by atoms with E-state index >= 15 is 0 Å². The molecule has 0 aromatic heterocycles. The highest BCUT2D eigenvalue weighted by molar-refractivity contribution is 5.20. The summed E-state index contributed by atoms with van der Waals surface area (Å²) in [5.41, 5.74) is 1.45. The van der Waals surface area contributed by atoms with Crippen molar-refractivity contribution in [2.24, 2.45) is 5.92 Å². The van der Waals surface area contributed by atoms with Gasteiger partial charge in [-0.2, -0.15) is 0 Å². The first-order chi connectivity index (χ1) is 10.2. The number of likely N-dealkylation sites (tertiary alicyclic amines) is 1. The molecule has 21 heavy (non-hydrogen) atoms. The molecule has 1 aliphatic carbocycles. The van der Waals surface area contributed by atoms with Gasteiger partial charge in [-0.1, -0.05) is 37.3 Å². The van der Waals surface area contributed by atoms with Crippen molar-refractivity contribution >= 4 is 0 Å². The number of benzene rings is 1. The minimum Gasteiger partial charge on any atom is -0.391 e. The van der Waals surface area contributed by atoms with Gasteiger partial charge in [0, 0.05) is 12.1 Å². The summed E-state index contributed by atoms with van der Waals surface area (Å²) >= 11 is 0. The fraction of sp³-hybridized carbons (Fsp3) is 0.684. The highest BCUT2D eigenvalue weighted by Gasteiger charge is 2.38. The minimum absolute atomic E-state index is 0.141. The molecule has 5 unspecified atom stereocenters. The average molecular weight is 287 g/mol. The lowest BCUT2D eigenvalue weighted by Crippen LogP contribution is -2.54. The summed E-state index contributed by atoms with van der Waals surface area (Å²) in [6.07, 6.45) is 5.66. The second-order valence-corrected chi connectivity index (χ2v) is 7.15. The summed E-state index contributed by atoms with van der Waals surface area (Å²) in [6.45, 7) is 5.87. The van der Waals surface area contributed by atoms with Crippen LogP contribution in [0.25, 0.3) is 0 Å². The molecule has 116 valence electrons. The average Bonchev–Trinajstić information content (AvgIpc) is 2.52. The highest BCUT2D eigenvalue weighted by atomic mass is 16.3. The predicted molar refractivity (Wildman–Crippen MR) is 87.4 cm³/mol. The van der Waals surface area contributed by atoms with E-state index < -0.39 is 0 Å². The van der Waals surface area contributed by atoms with Crippen molar-refractivity contribution in [2.75, 3.05) is 6.54 Å². The lowest BCUT2D eigenvalue weighted by molar-refractivity contribution is -0.0291. The monoisotopic (exact) mass is 287 g/mol. The Morgan fingerprint density at radius 3 is 2.57 bits per heavy atom. The lowest BCUT2D eigenvalue weighted by Gasteiger charge is -2.47. The van der Waals surface area contributed by atoms with E-state index in [1.165, 1.54) is 18.4 Å². The maximum absolute atomic E-state index is 10.5. The fourth-order valence-electron chi connectivity index (χ4n) is 4.35. The molecule has 2 fully saturated rings. The molecular weight excluding hydrogens is 258 g/mol. The Balaban J connectivity index is 1.74. The Bertz CT molecular complexity index is 446. The van der Waals surface area contributed by atoms with Crippen LogP contribution in [0.3, 0.4) is 0 Å². The van der Waals surface area contributed by atoms with Gasteiger partial charge in [0.05, 0.1) is 6.10 Å². The molecule has 2 nitrogen and oxygen atoms in total. The molecule has 1 aromatic rings. The third kappa shape index (κ3) is 3.17. The van der Waals surface area contributed by atoms with Gasteiger partial charge in [-0.25, -0.2) is 0 Å². The Morgan fingerprint density at radius 1 is 1.05 bits per heavy atom. The topological polar surface area (TPSA) is 23.5 Å². The summed E-state index contributed by atoms with van der Waals surface area (Å²) in [7, 11) is 0. The number of aliphatic hydroxyl groups excluding tert-OH is 1. The van der Waals surface area contributed by atoms with Crippen LogP contribution in [0.5, 0.6) is 0 Å². The summed E-state index contributed by atoms with van der Waals surface area (Å²) in [6, 6.07) is 11.8. The highest BCUT2D eigenvalue weighted by Crippen LogP contribution is 2.38. The first-order valence-corrected chi connectivity index (χ1v) is 8.65. The number of nitrogens with zero attached hydrogens (tertiary/aromatic N) is 1. The summed E-state index contributed by atoms with van der Waals surface area (Å²) in [5.74, 6) is 1.37. The zero-order chi connectivity index (χ0) is 14.8. The Hall–Kier alpha value is -0.860. The number of hydrogen-bond donors (Lipinski definition) is 1. The zero-order valence-corrected chi connectivity index (χ0v) is 13.4. The molecule has 5 atom stereocenters. The van der Waals surface area contributed by atoms with Gasteiger partial charge >= 0.3 is 0 Å².